The lowest BCUT2D eigenvalue weighted by Gasteiger charge is -2.29. The fourth-order valence-electron chi connectivity index (χ4n) is 1.84. The molecule has 1 aromatic rings. The van der Waals surface area contributed by atoms with Crippen LogP contribution in [0.4, 0.5) is 5.82 Å². The molecule has 0 radical (unpaired) electrons. The molecule has 17 heavy (non-hydrogen) atoms. The van der Waals surface area contributed by atoms with E-state index in [1.165, 1.54) is 4.31 Å². The summed E-state index contributed by atoms with van der Waals surface area (Å²) >= 11 is 0. The van der Waals surface area contributed by atoms with Crippen molar-refractivity contribution in [1.82, 2.24) is 9.46 Å². The van der Waals surface area contributed by atoms with Crippen LogP contribution < -0.4 is 4.72 Å². The van der Waals surface area contributed by atoms with Crippen molar-refractivity contribution in [1.29, 1.82) is 0 Å². The predicted octanol–water partition coefficient (Wildman–Crippen LogP) is 1.37. The van der Waals surface area contributed by atoms with Crippen molar-refractivity contribution >= 4 is 16.0 Å². The molecule has 0 spiro atoms. The van der Waals surface area contributed by atoms with Crippen LogP contribution in [0.1, 0.15) is 25.5 Å². The lowest BCUT2D eigenvalue weighted by atomic mass is 10.0. The van der Waals surface area contributed by atoms with Gasteiger partial charge in [0.2, 0.25) is 0 Å². The molecule has 1 N–H and O–H groups in total. The summed E-state index contributed by atoms with van der Waals surface area (Å²) in [6, 6.07) is 1.56. The average molecular weight is 259 g/mol. The minimum Gasteiger partial charge on any atom is -0.360 e. The van der Waals surface area contributed by atoms with Crippen LogP contribution in [0.5, 0.6) is 0 Å². The van der Waals surface area contributed by atoms with Gasteiger partial charge >= 0.3 is 10.2 Å². The fraction of sp³-hybridized carbons (Fsp3) is 0.700. The topological polar surface area (TPSA) is 75.4 Å². The second-order valence-electron chi connectivity index (χ2n) is 4.51. The van der Waals surface area contributed by atoms with Gasteiger partial charge in [-0.2, -0.15) is 12.7 Å². The number of aryl methyl sites for hydroxylation is 1. The van der Waals surface area contributed by atoms with Crippen molar-refractivity contribution in [2.75, 3.05) is 17.8 Å². The summed E-state index contributed by atoms with van der Waals surface area (Å²) in [6.07, 6.45) is 1.80. The first-order valence-corrected chi connectivity index (χ1v) is 7.12. The smallest absolute Gasteiger partial charge is 0.302 e. The Hall–Kier alpha value is -1.08. The summed E-state index contributed by atoms with van der Waals surface area (Å²) in [7, 11) is -3.49. The van der Waals surface area contributed by atoms with E-state index in [1.807, 2.05) is 0 Å². The van der Waals surface area contributed by atoms with Gasteiger partial charge in [-0.15, -0.1) is 0 Å². The highest BCUT2D eigenvalue weighted by molar-refractivity contribution is 7.90. The molecule has 0 aromatic carbocycles. The van der Waals surface area contributed by atoms with E-state index in [9.17, 15) is 8.42 Å². The van der Waals surface area contributed by atoms with Gasteiger partial charge in [0.05, 0.1) is 0 Å². The molecule has 0 unspecified atom stereocenters. The maximum Gasteiger partial charge on any atom is 0.302 e. The van der Waals surface area contributed by atoms with E-state index in [-0.39, 0.29) is 5.82 Å². The Morgan fingerprint density at radius 2 is 2.12 bits per heavy atom. The lowest BCUT2D eigenvalue weighted by molar-refractivity contribution is 0.289. The third-order valence-electron chi connectivity index (χ3n) is 2.94. The second-order valence-corrected chi connectivity index (χ2v) is 6.18. The van der Waals surface area contributed by atoms with Gasteiger partial charge in [-0.1, -0.05) is 12.1 Å². The average Bonchev–Trinajstić information content (AvgIpc) is 2.63. The maximum atomic E-state index is 12.0. The number of hydrogen-bond acceptors (Lipinski definition) is 4. The van der Waals surface area contributed by atoms with Crippen LogP contribution in [-0.2, 0) is 10.2 Å². The molecular weight excluding hydrogens is 242 g/mol. The van der Waals surface area contributed by atoms with Gasteiger partial charge in [0.1, 0.15) is 5.76 Å². The van der Waals surface area contributed by atoms with Crippen LogP contribution in [-0.4, -0.2) is 31.0 Å². The van der Waals surface area contributed by atoms with Crippen LogP contribution in [0.15, 0.2) is 10.6 Å². The van der Waals surface area contributed by atoms with E-state index in [0.29, 0.717) is 24.8 Å². The van der Waals surface area contributed by atoms with Gasteiger partial charge in [0.25, 0.3) is 0 Å². The lowest BCUT2D eigenvalue weighted by Crippen LogP contribution is -2.41. The molecule has 1 aromatic heterocycles. The number of aromatic nitrogens is 1. The molecule has 2 rings (SSSR count). The summed E-state index contributed by atoms with van der Waals surface area (Å²) in [6.45, 7) is 4.98. The number of nitrogens with zero attached hydrogens (tertiary/aromatic N) is 2. The van der Waals surface area contributed by atoms with Crippen LogP contribution in [0.3, 0.4) is 0 Å². The van der Waals surface area contributed by atoms with Gasteiger partial charge in [0, 0.05) is 19.2 Å². The SMILES string of the molecule is Cc1cc(NS(=O)(=O)N2CCC(C)CC2)no1. The van der Waals surface area contributed by atoms with Crippen LogP contribution in [0.25, 0.3) is 0 Å². The minimum atomic E-state index is -3.49. The molecular formula is C10H17N3O3S. The van der Waals surface area contributed by atoms with E-state index in [2.05, 4.69) is 16.8 Å². The van der Waals surface area contributed by atoms with Crippen LogP contribution in [0, 0.1) is 12.8 Å². The summed E-state index contributed by atoms with van der Waals surface area (Å²) in [5.41, 5.74) is 0. The van der Waals surface area contributed by atoms with Crippen molar-refractivity contribution in [2.24, 2.45) is 5.92 Å². The fourth-order valence-corrected chi connectivity index (χ4v) is 3.02. The van der Waals surface area contributed by atoms with Gasteiger partial charge < -0.3 is 4.52 Å². The zero-order valence-electron chi connectivity index (χ0n) is 10.0. The highest BCUT2D eigenvalue weighted by atomic mass is 32.2. The van der Waals surface area contributed by atoms with Crippen LogP contribution in [0.2, 0.25) is 0 Å². The van der Waals surface area contributed by atoms with Gasteiger partial charge in [-0.05, 0) is 25.7 Å². The molecule has 1 saturated heterocycles. The molecule has 1 fully saturated rings. The van der Waals surface area contributed by atoms with Crippen molar-refractivity contribution in [3.05, 3.63) is 11.8 Å². The molecule has 1 aliphatic heterocycles. The molecule has 0 saturated carbocycles. The van der Waals surface area contributed by atoms with Crippen molar-refractivity contribution in [2.45, 2.75) is 26.7 Å². The second kappa shape index (κ2) is 4.66. The normalized spacial score (nSPS) is 19.4. The number of hydrogen-bond donors (Lipinski definition) is 1. The Morgan fingerprint density at radius 3 is 2.65 bits per heavy atom. The molecule has 0 amide bonds. The predicted molar refractivity (Wildman–Crippen MR) is 63.8 cm³/mol. The third kappa shape index (κ3) is 2.98. The first-order valence-electron chi connectivity index (χ1n) is 5.68. The standard InChI is InChI=1S/C10H17N3O3S/c1-8-3-5-13(6-4-8)17(14,15)12-10-7-9(2)16-11-10/h7-8H,3-6H2,1-2H3,(H,11,12). The summed E-state index contributed by atoms with van der Waals surface area (Å²) in [4.78, 5) is 0. The van der Waals surface area contributed by atoms with E-state index >= 15 is 0 Å². The van der Waals surface area contributed by atoms with E-state index < -0.39 is 10.2 Å². The van der Waals surface area contributed by atoms with Crippen molar-refractivity contribution in [3.8, 4) is 0 Å². The molecule has 0 aliphatic carbocycles. The Morgan fingerprint density at radius 1 is 1.47 bits per heavy atom. The van der Waals surface area contributed by atoms with Crippen LogP contribution >= 0.6 is 0 Å². The molecule has 0 bridgehead atoms. The number of nitrogens with one attached hydrogen (secondary N) is 1. The Balaban J connectivity index is 2.04. The van der Waals surface area contributed by atoms with Gasteiger partial charge in [-0.3, -0.25) is 4.72 Å². The van der Waals surface area contributed by atoms with E-state index in [1.54, 1.807) is 13.0 Å². The van der Waals surface area contributed by atoms with Crippen molar-refractivity contribution in [3.63, 3.8) is 0 Å². The Labute approximate surface area is 101 Å². The zero-order chi connectivity index (χ0) is 12.5. The Kier molecular flexibility index (Phi) is 3.39. The molecule has 96 valence electrons. The van der Waals surface area contributed by atoms with Crippen molar-refractivity contribution < 1.29 is 12.9 Å². The quantitative estimate of drug-likeness (QED) is 0.889. The summed E-state index contributed by atoms with van der Waals surface area (Å²) in [5.74, 6) is 1.41. The molecule has 7 heteroatoms. The number of anilines is 1. The van der Waals surface area contributed by atoms with E-state index in [4.69, 9.17) is 4.52 Å². The van der Waals surface area contributed by atoms with Gasteiger partial charge in [0.15, 0.2) is 5.82 Å². The van der Waals surface area contributed by atoms with Gasteiger partial charge in [-0.25, -0.2) is 0 Å². The third-order valence-corrected chi connectivity index (χ3v) is 4.46. The molecule has 6 nitrogen and oxygen atoms in total. The number of rotatable bonds is 3. The largest absolute Gasteiger partial charge is 0.360 e. The maximum absolute atomic E-state index is 12.0. The summed E-state index contributed by atoms with van der Waals surface area (Å²) < 4.78 is 32.7. The van der Waals surface area contributed by atoms with E-state index in [0.717, 1.165) is 12.8 Å². The highest BCUT2D eigenvalue weighted by Gasteiger charge is 2.26. The zero-order valence-corrected chi connectivity index (χ0v) is 10.8. The molecule has 0 atom stereocenters. The minimum absolute atomic E-state index is 0.237. The first kappa shape index (κ1) is 12.4. The molecule has 2 heterocycles. The Bertz CT molecular complexity index is 475. The summed E-state index contributed by atoms with van der Waals surface area (Å²) in [5, 5.41) is 3.62. The number of piperidine rings is 1. The molecule has 1 aliphatic rings. The highest BCUT2D eigenvalue weighted by Crippen LogP contribution is 2.20. The monoisotopic (exact) mass is 259 g/mol. The first-order chi connectivity index (χ1) is 7.97.